The minimum absolute atomic E-state index is 0.0202. The predicted octanol–water partition coefficient (Wildman–Crippen LogP) is 3.50. The maximum absolute atomic E-state index is 12.8. The summed E-state index contributed by atoms with van der Waals surface area (Å²) in [5, 5.41) is 8.34. The standard InChI is InChI=1S/C22H27N3O4/c1-14(2)23-22(28)24-18-12-10-17(11-13-18)20(26)25-19(15(3)21(27)29-4)16-8-6-5-7-9-16/h5-15,19H,1-4H3,(H,25,26)(H2,23,24,28). The second-order valence-corrected chi connectivity index (χ2v) is 7.00. The van der Waals surface area contributed by atoms with Crippen molar-refractivity contribution >= 4 is 23.6 Å². The minimum atomic E-state index is -0.563. The Labute approximate surface area is 170 Å². The molecule has 29 heavy (non-hydrogen) atoms. The summed E-state index contributed by atoms with van der Waals surface area (Å²) in [5.74, 6) is -1.30. The van der Waals surface area contributed by atoms with Crippen LogP contribution in [0.25, 0.3) is 0 Å². The molecule has 2 aromatic carbocycles. The summed E-state index contributed by atoms with van der Waals surface area (Å²) < 4.78 is 4.85. The molecule has 0 aromatic heterocycles. The topological polar surface area (TPSA) is 96.5 Å². The first-order valence-corrected chi connectivity index (χ1v) is 9.43. The van der Waals surface area contributed by atoms with Gasteiger partial charge in [0.15, 0.2) is 0 Å². The Balaban J connectivity index is 2.12. The Morgan fingerprint density at radius 1 is 0.862 bits per heavy atom. The highest BCUT2D eigenvalue weighted by Crippen LogP contribution is 2.24. The zero-order valence-corrected chi connectivity index (χ0v) is 17.1. The summed E-state index contributed by atoms with van der Waals surface area (Å²) in [5.41, 5.74) is 1.79. The van der Waals surface area contributed by atoms with Crippen molar-refractivity contribution in [2.24, 2.45) is 5.92 Å². The molecule has 0 radical (unpaired) electrons. The number of ether oxygens (including phenoxy) is 1. The molecule has 2 unspecified atom stereocenters. The van der Waals surface area contributed by atoms with Gasteiger partial charge in [-0.1, -0.05) is 30.3 Å². The second kappa shape index (κ2) is 10.3. The van der Waals surface area contributed by atoms with Gasteiger partial charge in [0, 0.05) is 17.3 Å². The highest BCUT2D eigenvalue weighted by molar-refractivity contribution is 5.96. The largest absolute Gasteiger partial charge is 0.469 e. The first-order chi connectivity index (χ1) is 13.8. The summed E-state index contributed by atoms with van der Waals surface area (Å²) in [4.78, 5) is 36.6. The van der Waals surface area contributed by atoms with Gasteiger partial charge >= 0.3 is 12.0 Å². The summed E-state index contributed by atoms with van der Waals surface area (Å²) >= 11 is 0. The predicted molar refractivity (Wildman–Crippen MR) is 112 cm³/mol. The van der Waals surface area contributed by atoms with Gasteiger partial charge in [-0.2, -0.15) is 0 Å². The number of amides is 3. The van der Waals surface area contributed by atoms with Crippen LogP contribution in [-0.4, -0.2) is 31.1 Å². The summed E-state index contributed by atoms with van der Waals surface area (Å²) in [6.07, 6.45) is 0. The van der Waals surface area contributed by atoms with Crippen molar-refractivity contribution in [3.8, 4) is 0 Å². The van der Waals surface area contributed by atoms with E-state index < -0.39 is 17.9 Å². The lowest BCUT2D eigenvalue weighted by Crippen LogP contribution is -2.36. The molecule has 0 saturated heterocycles. The van der Waals surface area contributed by atoms with Gasteiger partial charge in [-0.3, -0.25) is 9.59 Å². The number of carbonyl (C=O) groups excluding carboxylic acids is 3. The maximum Gasteiger partial charge on any atom is 0.319 e. The van der Waals surface area contributed by atoms with Crippen molar-refractivity contribution in [1.82, 2.24) is 10.6 Å². The van der Waals surface area contributed by atoms with Crippen LogP contribution in [0.4, 0.5) is 10.5 Å². The number of hydrogen-bond acceptors (Lipinski definition) is 4. The number of rotatable bonds is 7. The average Bonchev–Trinajstić information content (AvgIpc) is 2.71. The number of anilines is 1. The van der Waals surface area contributed by atoms with E-state index in [9.17, 15) is 14.4 Å². The third kappa shape index (κ3) is 6.34. The van der Waals surface area contributed by atoms with Gasteiger partial charge < -0.3 is 20.7 Å². The molecular weight excluding hydrogens is 370 g/mol. The van der Waals surface area contributed by atoms with E-state index in [0.717, 1.165) is 5.56 Å². The Morgan fingerprint density at radius 2 is 1.48 bits per heavy atom. The molecule has 7 nitrogen and oxygen atoms in total. The number of benzene rings is 2. The fraction of sp³-hybridized carbons (Fsp3) is 0.318. The third-order valence-electron chi connectivity index (χ3n) is 4.34. The van der Waals surface area contributed by atoms with E-state index in [0.29, 0.717) is 11.3 Å². The number of nitrogens with one attached hydrogen (secondary N) is 3. The van der Waals surface area contributed by atoms with Gasteiger partial charge in [0.05, 0.1) is 19.1 Å². The summed E-state index contributed by atoms with van der Waals surface area (Å²) in [6, 6.07) is 15.0. The molecule has 154 valence electrons. The Morgan fingerprint density at radius 3 is 2.03 bits per heavy atom. The molecule has 7 heteroatoms. The lowest BCUT2D eigenvalue weighted by molar-refractivity contribution is -0.145. The fourth-order valence-corrected chi connectivity index (χ4v) is 2.84. The molecule has 0 spiro atoms. The maximum atomic E-state index is 12.8. The van der Waals surface area contributed by atoms with Crippen molar-refractivity contribution < 1.29 is 19.1 Å². The molecule has 2 rings (SSSR count). The highest BCUT2D eigenvalue weighted by Gasteiger charge is 2.28. The Bertz CT molecular complexity index is 835. The van der Waals surface area contributed by atoms with E-state index in [1.54, 1.807) is 31.2 Å². The monoisotopic (exact) mass is 397 g/mol. The summed E-state index contributed by atoms with van der Waals surface area (Å²) in [6.45, 7) is 5.45. The Kier molecular flexibility index (Phi) is 7.77. The van der Waals surface area contributed by atoms with Crippen LogP contribution in [0.1, 0.15) is 42.7 Å². The number of hydrogen-bond donors (Lipinski definition) is 3. The molecule has 0 fully saturated rings. The fourth-order valence-electron chi connectivity index (χ4n) is 2.84. The van der Waals surface area contributed by atoms with E-state index >= 15 is 0 Å². The molecule has 0 bridgehead atoms. The van der Waals surface area contributed by atoms with Crippen molar-refractivity contribution in [3.05, 3.63) is 65.7 Å². The Hall–Kier alpha value is -3.35. The summed E-state index contributed by atoms with van der Waals surface area (Å²) in [7, 11) is 1.32. The first-order valence-electron chi connectivity index (χ1n) is 9.43. The van der Waals surface area contributed by atoms with Crippen molar-refractivity contribution in [2.45, 2.75) is 32.9 Å². The average molecular weight is 397 g/mol. The SMILES string of the molecule is COC(=O)C(C)C(NC(=O)c1ccc(NC(=O)NC(C)C)cc1)c1ccccc1. The molecular formula is C22H27N3O4. The van der Waals surface area contributed by atoms with Gasteiger partial charge in [-0.05, 0) is 50.6 Å². The second-order valence-electron chi connectivity index (χ2n) is 7.00. The lowest BCUT2D eigenvalue weighted by Gasteiger charge is -2.24. The van der Waals surface area contributed by atoms with Crippen LogP contribution in [0.3, 0.4) is 0 Å². The molecule has 0 aliphatic heterocycles. The molecule has 3 N–H and O–H groups in total. The van der Waals surface area contributed by atoms with E-state index in [2.05, 4.69) is 16.0 Å². The van der Waals surface area contributed by atoms with Crippen LogP contribution < -0.4 is 16.0 Å². The van der Waals surface area contributed by atoms with Crippen molar-refractivity contribution in [2.75, 3.05) is 12.4 Å². The molecule has 2 atom stereocenters. The highest BCUT2D eigenvalue weighted by atomic mass is 16.5. The van der Waals surface area contributed by atoms with Crippen LogP contribution in [-0.2, 0) is 9.53 Å². The van der Waals surface area contributed by atoms with Gasteiger partial charge in [0.25, 0.3) is 5.91 Å². The molecule has 0 saturated carbocycles. The van der Waals surface area contributed by atoms with E-state index in [-0.39, 0.29) is 18.0 Å². The molecule has 0 aliphatic rings. The van der Waals surface area contributed by atoms with Gasteiger partial charge in [-0.25, -0.2) is 4.79 Å². The smallest absolute Gasteiger partial charge is 0.319 e. The van der Waals surface area contributed by atoms with Gasteiger partial charge in [0.1, 0.15) is 0 Å². The van der Waals surface area contributed by atoms with Crippen LogP contribution in [0.15, 0.2) is 54.6 Å². The van der Waals surface area contributed by atoms with E-state index in [4.69, 9.17) is 4.74 Å². The normalized spacial score (nSPS) is 12.6. The number of esters is 1. The first kappa shape index (κ1) is 21.9. The van der Waals surface area contributed by atoms with Crippen molar-refractivity contribution in [1.29, 1.82) is 0 Å². The number of methoxy groups -OCH3 is 1. The number of urea groups is 1. The van der Waals surface area contributed by atoms with Crippen LogP contribution in [0.2, 0.25) is 0 Å². The molecule has 0 heterocycles. The lowest BCUT2D eigenvalue weighted by atomic mass is 9.94. The van der Waals surface area contributed by atoms with Crippen LogP contribution in [0.5, 0.6) is 0 Å². The van der Waals surface area contributed by atoms with Crippen LogP contribution in [0, 0.1) is 5.92 Å². The van der Waals surface area contributed by atoms with Crippen LogP contribution >= 0.6 is 0 Å². The minimum Gasteiger partial charge on any atom is -0.469 e. The third-order valence-corrected chi connectivity index (χ3v) is 4.34. The zero-order chi connectivity index (χ0) is 21.4. The number of carbonyl (C=O) groups is 3. The van der Waals surface area contributed by atoms with E-state index in [1.165, 1.54) is 7.11 Å². The van der Waals surface area contributed by atoms with Gasteiger partial charge in [-0.15, -0.1) is 0 Å². The van der Waals surface area contributed by atoms with Gasteiger partial charge in [0.2, 0.25) is 0 Å². The zero-order valence-electron chi connectivity index (χ0n) is 17.1. The van der Waals surface area contributed by atoms with E-state index in [1.807, 2.05) is 44.2 Å². The molecule has 3 amide bonds. The molecule has 2 aromatic rings. The molecule has 0 aliphatic carbocycles. The van der Waals surface area contributed by atoms with Crippen molar-refractivity contribution in [3.63, 3.8) is 0 Å². The quantitative estimate of drug-likeness (QED) is 0.623.